The van der Waals surface area contributed by atoms with Crippen LogP contribution in [0.15, 0.2) is 29.5 Å². The second-order valence-electron chi connectivity index (χ2n) is 4.88. The predicted molar refractivity (Wildman–Crippen MR) is 77.5 cm³/mol. The third-order valence-corrected chi connectivity index (χ3v) is 3.38. The molecule has 1 aromatic carbocycles. The lowest BCUT2D eigenvalue weighted by molar-refractivity contribution is -0.394. The van der Waals surface area contributed by atoms with E-state index in [1.807, 2.05) is 0 Å². The number of hydrogen-bond acceptors (Lipinski definition) is 6. The molecule has 0 saturated carbocycles. The lowest BCUT2D eigenvalue weighted by Gasteiger charge is -2.27. The van der Waals surface area contributed by atoms with Gasteiger partial charge in [-0.2, -0.15) is 0 Å². The molecule has 1 atom stereocenters. The van der Waals surface area contributed by atoms with E-state index in [0.717, 1.165) is 12.1 Å². The molecule has 0 radical (unpaired) electrons. The SMILES string of the molecule is CC(=O)C1=C(C)NC(=O)NC1c1ccc([N+](=O)[O-])cc1[N+](=O)[O-]. The zero-order chi connectivity index (χ0) is 17.3. The highest BCUT2D eigenvalue weighted by Gasteiger charge is 2.34. The lowest BCUT2D eigenvalue weighted by Crippen LogP contribution is -2.44. The average molecular weight is 320 g/mol. The molecule has 2 amide bonds. The Morgan fingerprint density at radius 1 is 1.22 bits per heavy atom. The molecule has 1 aliphatic rings. The van der Waals surface area contributed by atoms with E-state index in [4.69, 9.17) is 0 Å². The van der Waals surface area contributed by atoms with E-state index in [-0.39, 0.29) is 22.6 Å². The standard InChI is InChI=1S/C13H12N4O6/c1-6-11(7(2)18)12(15-13(19)14-6)9-4-3-8(16(20)21)5-10(9)17(22)23/h3-5,12H,1-2H3,(H2,14,15,19). The van der Waals surface area contributed by atoms with Gasteiger partial charge in [0.1, 0.15) is 0 Å². The molecule has 1 unspecified atom stereocenters. The van der Waals surface area contributed by atoms with Crippen molar-refractivity contribution >= 4 is 23.2 Å². The van der Waals surface area contributed by atoms with E-state index < -0.39 is 33.3 Å². The van der Waals surface area contributed by atoms with Crippen molar-refractivity contribution in [1.29, 1.82) is 0 Å². The molecular formula is C13H12N4O6. The second-order valence-corrected chi connectivity index (χ2v) is 4.88. The van der Waals surface area contributed by atoms with Crippen LogP contribution in [0, 0.1) is 20.2 Å². The molecule has 10 nitrogen and oxygen atoms in total. The van der Waals surface area contributed by atoms with Gasteiger partial charge in [-0.05, 0) is 19.9 Å². The van der Waals surface area contributed by atoms with Crippen LogP contribution in [-0.4, -0.2) is 21.7 Å². The molecule has 1 aliphatic heterocycles. The van der Waals surface area contributed by atoms with Crippen molar-refractivity contribution in [2.75, 3.05) is 0 Å². The summed E-state index contributed by atoms with van der Waals surface area (Å²) < 4.78 is 0. The molecule has 0 spiro atoms. The molecule has 120 valence electrons. The largest absolute Gasteiger partial charge is 0.326 e. The van der Waals surface area contributed by atoms with E-state index >= 15 is 0 Å². The summed E-state index contributed by atoms with van der Waals surface area (Å²) in [5, 5.41) is 26.9. The minimum Gasteiger partial charge on any atom is -0.326 e. The number of amides is 2. The number of Topliss-reactive ketones (excluding diaryl/α,β-unsaturated/α-hetero) is 1. The Balaban J connectivity index is 2.66. The zero-order valence-corrected chi connectivity index (χ0v) is 12.2. The maximum atomic E-state index is 11.8. The average Bonchev–Trinajstić information content (AvgIpc) is 2.44. The highest BCUT2D eigenvalue weighted by atomic mass is 16.6. The van der Waals surface area contributed by atoms with Crippen molar-refractivity contribution in [3.8, 4) is 0 Å². The number of benzene rings is 1. The number of carbonyl (C=O) groups is 2. The van der Waals surface area contributed by atoms with Crippen LogP contribution in [0.4, 0.5) is 16.2 Å². The van der Waals surface area contributed by atoms with Crippen molar-refractivity contribution in [2.24, 2.45) is 0 Å². The van der Waals surface area contributed by atoms with Gasteiger partial charge in [-0.3, -0.25) is 25.0 Å². The molecule has 1 heterocycles. The van der Waals surface area contributed by atoms with Crippen LogP contribution in [-0.2, 0) is 4.79 Å². The molecule has 1 aromatic rings. The Kier molecular flexibility index (Phi) is 4.08. The number of urea groups is 1. The Bertz CT molecular complexity index is 770. The summed E-state index contributed by atoms with van der Waals surface area (Å²) in [6.45, 7) is 2.77. The van der Waals surface area contributed by atoms with Gasteiger partial charge in [0.2, 0.25) is 0 Å². The number of nitrogens with one attached hydrogen (secondary N) is 2. The second kappa shape index (κ2) is 5.83. The van der Waals surface area contributed by atoms with E-state index in [1.165, 1.54) is 19.9 Å². The number of carbonyl (C=O) groups excluding carboxylic acids is 2. The zero-order valence-electron chi connectivity index (χ0n) is 12.2. The molecule has 0 bridgehead atoms. The van der Waals surface area contributed by atoms with Crippen LogP contribution in [0.3, 0.4) is 0 Å². The number of rotatable bonds is 4. The first kappa shape index (κ1) is 16.1. The van der Waals surface area contributed by atoms with Gasteiger partial charge in [0.25, 0.3) is 11.4 Å². The molecule has 2 rings (SSSR count). The summed E-state index contributed by atoms with van der Waals surface area (Å²) in [7, 11) is 0. The van der Waals surface area contributed by atoms with Gasteiger partial charge in [-0.15, -0.1) is 0 Å². The summed E-state index contributed by atoms with van der Waals surface area (Å²) in [5.41, 5.74) is -0.566. The Morgan fingerprint density at radius 2 is 1.87 bits per heavy atom. The first-order valence-corrected chi connectivity index (χ1v) is 6.44. The summed E-state index contributed by atoms with van der Waals surface area (Å²) in [6, 6.07) is 1.38. The lowest BCUT2D eigenvalue weighted by atomic mass is 9.92. The van der Waals surface area contributed by atoms with E-state index in [1.54, 1.807) is 0 Å². The molecule has 10 heteroatoms. The predicted octanol–water partition coefficient (Wildman–Crippen LogP) is 1.72. The van der Waals surface area contributed by atoms with E-state index in [9.17, 15) is 29.8 Å². The van der Waals surface area contributed by atoms with Crippen LogP contribution in [0.5, 0.6) is 0 Å². The first-order chi connectivity index (χ1) is 10.7. The maximum Gasteiger partial charge on any atom is 0.319 e. The maximum absolute atomic E-state index is 11.8. The van der Waals surface area contributed by atoms with Crippen LogP contribution in [0.2, 0.25) is 0 Å². The van der Waals surface area contributed by atoms with Crippen molar-refractivity contribution < 1.29 is 19.4 Å². The van der Waals surface area contributed by atoms with Gasteiger partial charge in [-0.25, -0.2) is 4.79 Å². The molecule has 23 heavy (non-hydrogen) atoms. The fraction of sp³-hybridized carbons (Fsp3) is 0.231. The molecule has 0 aromatic heterocycles. The van der Waals surface area contributed by atoms with Crippen LogP contribution in [0.25, 0.3) is 0 Å². The van der Waals surface area contributed by atoms with Crippen LogP contribution in [0.1, 0.15) is 25.5 Å². The number of nitro benzene ring substituents is 2. The summed E-state index contributed by atoms with van der Waals surface area (Å²) in [5.74, 6) is -0.382. The first-order valence-electron chi connectivity index (χ1n) is 6.44. The molecule has 0 aliphatic carbocycles. The Morgan fingerprint density at radius 3 is 2.39 bits per heavy atom. The van der Waals surface area contributed by atoms with Gasteiger partial charge >= 0.3 is 6.03 Å². The van der Waals surface area contributed by atoms with Crippen LogP contribution >= 0.6 is 0 Å². The Labute approximate surface area is 129 Å². The minimum atomic E-state index is -1.05. The molecule has 2 N–H and O–H groups in total. The van der Waals surface area contributed by atoms with Crippen molar-refractivity contribution in [2.45, 2.75) is 19.9 Å². The molecule has 0 fully saturated rings. The third kappa shape index (κ3) is 3.00. The number of allylic oxidation sites excluding steroid dienone is 1. The fourth-order valence-electron chi connectivity index (χ4n) is 2.44. The van der Waals surface area contributed by atoms with E-state index in [2.05, 4.69) is 10.6 Å². The van der Waals surface area contributed by atoms with Crippen molar-refractivity contribution in [3.63, 3.8) is 0 Å². The number of hydrogen-bond donors (Lipinski definition) is 2. The highest BCUT2D eigenvalue weighted by Crippen LogP contribution is 2.35. The number of ketones is 1. The third-order valence-electron chi connectivity index (χ3n) is 3.38. The van der Waals surface area contributed by atoms with Gasteiger partial charge in [0.05, 0.1) is 27.5 Å². The van der Waals surface area contributed by atoms with Gasteiger partial charge in [0.15, 0.2) is 5.78 Å². The van der Waals surface area contributed by atoms with Gasteiger partial charge in [0, 0.05) is 17.3 Å². The monoisotopic (exact) mass is 320 g/mol. The fourth-order valence-corrected chi connectivity index (χ4v) is 2.44. The highest BCUT2D eigenvalue weighted by molar-refractivity contribution is 5.98. The summed E-state index contributed by atoms with van der Waals surface area (Å²) in [6.07, 6.45) is 0. The number of nitro groups is 2. The van der Waals surface area contributed by atoms with E-state index in [0.29, 0.717) is 0 Å². The smallest absolute Gasteiger partial charge is 0.319 e. The number of non-ortho nitro benzene ring substituents is 1. The quantitative estimate of drug-likeness (QED) is 0.638. The van der Waals surface area contributed by atoms with Crippen LogP contribution < -0.4 is 10.6 Å². The van der Waals surface area contributed by atoms with Gasteiger partial charge in [-0.1, -0.05) is 0 Å². The normalized spacial score (nSPS) is 17.3. The van der Waals surface area contributed by atoms with Gasteiger partial charge < -0.3 is 10.6 Å². The number of nitrogens with zero attached hydrogens (tertiary/aromatic N) is 2. The minimum absolute atomic E-state index is 0.000000000000000444. The molecular weight excluding hydrogens is 308 g/mol. The topological polar surface area (TPSA) is 144 Å². The summed E-state index contributed by atoms with van der Waals surface area (Å²) in [4.78, 5) is 43.9. The van der Waals surface area contributed by atoms with Crippen molar-refractivity contribution in [1.82, 2.24) is 10.6 Å². The molecule has 0 saturated heterocycles. The Hall–Kier alpha value is -3.30. The van der Waals surface area contributed by atoms with Crippen molar-refractivity contribution in [3.05, 3.63) is 55.3 Å². The summed E-state index contributed by atoms with van der Waals surface area (Å²) >= 11 is 0.